The molecule has 21 heavy (non-hydrogen) atoms. The van der Waals surface area contributed by atoms with Crippen molar-refractivity contribution in [1.29, 1.82) is 0 Å². The molecule has 0 aliphatic heterocycles. The number of nitrogens with two attached hydrogens (primary N) is 1. The summed E-state index contributed by atoms with van der Waals surface area (Å²) in [7, 11) is 0. The standard InChI is InChI=1S/C16H17N3O2/c17-8-10-4-6-11(7-5-10)19-16(21)12-9-18-13-2-1-3-14(20)15(12)13/h4-7,9,18H,1-3,8,17H2,(H,19,21). The first-order chi connectivity index (χ1) is 10.2. The van der Waals surface area contributed by atoms with Gasteiger partial charge in [0.25, 0.3) is 5.91 Å². The number of benzene rings is 1. The van der Waals surface area contributed by atoms with Crippen molar-refractivity contribution in [3.63, 3.8) is 0 Å². The Morgan fingerprint density at radius 2 is 2.00 bits per heavy atom. The van der Waals surface area contributed by atoms with Gasteiger partial charge in [0.05, 0.1) is 11.1 Å². The van der Waals surface area contributed by atoms with Crippen LogP contribution < -0.4 is 11.1 Å². The maximum atomic E-state index is 12.3. The molecule has 2 aromatic rings. The van der Waals surface area contributed by atoms with E-state index in [1.54, 1.807) is 18.3 Å². The monoisotopic (exact) mass is 283 g/mol. The Morgan fingerprint density at radius 1 is 1.24 bits per heavy atom. The second kappa shape index (κ2) is 5.54. The van der Waals surface area contributed by atoms with E-state index in [1.165, 1.54) is 0 Å². The summed E-state index contributed by atoms with van der Waals surface area (Å²) in [6.45, 7) is 0.466. The molecule has 1 aliphatic rings. The van der Waals surface area contributed by atoms with Gasteiger partial charge in [-0.05, 0) is 30.5 Å². The van der Waals surface area contributed by atoms with Crippen LogP contribution in [0.4, 0.5) is 5.69 Å². The minimum absolute atomic E-state index is 0.0427. The molecule has 4 N–H and O–H groups in total. The van der Waals surface area contributed by atoms with E-state index in [9.17, 15) is 9.59 Å². The molecular formula is C16H17N3O2. The molecule has 0 radical (unpaired) electrons. The fourth-order valence-corrected chi connectivity index (χ4v) is 2.63. The first kappa shape index (κ1) is 13.6. The average Bonchev–Trinajstić information content (AvgIpc) is 2.93. The Bertz CT molecular complexity index is 686. The van der Waals surface area contributed by atoms with E-state index in [4.69, 9.17) is 5.73 Å². The Morgan fingerprint density at radius 3 is 2.71 bits per heavy atom. The molecule has 108 valence electrons. The molecule has 0 unspecified atom stereocenters. The van der Waals surface area contributed by atoms with Crippen molar-refractivity contribution in [1.82, 2.24) is 4.98 Å². The van der Waals surface area contributed by atoms with Crippen molar-refractivity contribution in [2.75, 3.05) is 5.32 Å². The van der Waals surface area contributed by atoms with Crippen molar-refractivity contribution in [2.45, 2.75) is 25.8 Å². The van der Waals surface area contributed by atoms with Gasteiger partial charge in [0.2, 0.25) is 0 Å². The molecule has 0 spiro atoms. The highest BCUT2D eigenvalue weighted by Gasteiger charge is 2.25. The summed E-state index contributed by atoms with van der Waals surface area (Å²) >= 11 is 0. The van der Waals surface area contributed by atoms with E-state index < -0.39 is 0 Å². The predicted octanol–water partition coefficient (Wildman–Crippen LogP) is 2.24. The zero-order chi connectivity index (χ0) is 14.8. The molecule has 3 rings (SSSR count). The number of aromatic nitrogens is 1. The molecule has 5 heteroatoms. The normalized spacial score (nSPS) is 13.9. The summed E-state index contributed by atoms with van der Waals surface area (Å²) in [5.74, 6) is -0.218. The van der Waals surface area contributed by atoms with Gasteiger partial charge in [0, 0.05) is 30.5 Å². The smallest absolute Gasteiger partial charge is 0.257 e. The number of rotatable bonds is 3. The minimum Gasteiger partial charge on any atom is -0.364 e. The molecule has 1 aromatic heterocycles. The Balaban J connectivity index is 1.82. The molecule has 1 heterocycles. The number of H-pyrrole nitrogens is 1. The van der Waals surface area contributed by atoms with Crippen molar-refractivity contribution in [3.05, 3.63) is 52.8 Å². The molecule has 0 saturated heterocycles. The third-order valence-electron chi connectivity index (χ3n) is 3.76. The number of carbonyl (C=O) groups is 2. The highest BCUT2D eigenvalue weighted by molar-refractivity contribution is 6.13. The fourth-order valence-electron chi connectivity index (χ4n) is 2.63. The second-order valence-corrected chi connectivity index (χ2v) is 5.19. The number of fused-ring (bicyclic) bond motifs is 1. The van der Waals surface area contributed by atoms with Crippen molar-refractivity contribution in [2.24, 2.45) is 5.73 Å². The molecule has 0 atom stereocenters. The van der Waals surface area contributed by atoms with Gasteiger partial charge in [-0.3, -0.25) is 9.59 Å². The van der Waals surface area contributed by atoms with Crippen LogP contribution in [0.1, 0.15) is 44.8 Å². The number of carbonyl (C=O) groups excluding carboxylic acids is 2. The zero-order valence-corrected chi connectivity index (χ0v) is 11.6. The summed E-state index contributed by atoms with van der Waals surface area (Å²) < 4.78 is 0. The molecule has 1 aliphatic carbocycles. The van der Waals surface area contributed by atoms with E-state index in [0.29, 0.717) is 29.8 Å². The van der Waals surface area contributed by atoms with Gasteiger partial charge < -0.3 is 16.0 Å². The van der Waals surface area contributed by atoms with Gasteiger partial charge in [-0.1, -0.05) is 12.1 Å². The largest absolute Gasteiger partial charge is 0.364 e. The van der Waals surface area contributed by atoms with E-state index in [2.05, 4.69) is 10.3 Å². The third kappa shape index (κ3) is 2.60. The quantitative estimate of drug-likeness (QED) is 0.807. The Hall–Kier alpha value is -2.40. The maximum Gasteiger partial charge on any atom is 0.257 e. The highest BCUT2D eigenvalue weighted by Crippen LogP contribution is 2.24. The molecule has 0 fully saturated rings. The van der Waals surface area contributed by atoms with E-state index in [-0.39, 0.29) is 11.7 Å². The Labute approximate surface area is 122 Å². The van der Waals surface area contributed by atoms with Crippen LogP contribution in [0.15, 0.2) is 30.5 Å². The van der Waals surface area contributed by atoms with E-state index >= 15 is 0 Å². The van der Waals surface area contributed by atoms with E-state index in [1.807, 2.05) is 12.1 Å². The van der Waals surface area contributed by atoms with Gasteiger partial charge in [0.1, 0.15) is 0 Å². The number of hydrogen-bond acceptors (Lipinski definition) is 3. The average molecular weight is 283 g/mol. The summed E-state index contributed by atoms with van der Waals surface area (Å²) in [6.07, 6.45) is 3.79. The summed E-state index contributed by atoms with van der Waals surface area (Å²) in [5.41, 5.74) is 9.08. The molecule has 0 saturated carbocycles. The fraction of sp³-hybridized carbons (Fsp3) is 0.250. The van der Waals surface area contributed by atoms with Gasteiger partial charge in [-0.2, -0.15) is 0 Å². The summed E-state index contributed by atoms with van der Waals surface area (Å²) in [5, 5.41) is 2.81. The number of anilines is 1. The number of nitrogens with one attached hydrogen (secondary N) is 2. The molecule has 1 aromatic carbocycles. The van der Waals surface area contributed by atoms with Crippen LogP contribution in [0.2, 0.25) is 0 Å². The van der Waals surface area contributed by atoms with Crippen LogP contribution >= 0.6 is 0 Å². The predicted molar refractivity (Wildman–Crippen MR) is 80.3 cm³/mol. The van der Waals surface area contributed by atoms with Crippen LogP contribution in [0.5, 0.6) is 0 Å². The lowest BCUT2D eigenvalue weighted by Crippen LogP contribution is -2.17. The number of hydrogen-bond donors (Lipinski definition) is 3. The van der Waals surface area contributed by atoms with Crippen LogP contribution in [0, 0.1) is 0 Å². The van der Waals surface area contributed by atoms with Crippen molar-refractivity contribution in [3.8, 4) is 0 Å². The second-order valence-electron chi connectivity index (χ2n) is 5.19. The van der Waals surface area contributed by atoms with Gasteiger partial charge in [0.15, 0.2) is 5.78 Å². The molecular weight excluding hydrogens is 266 g/mol. The van der Waals surface area contributed by atoms with Crippen LogP contribution in [0.3, 0.4) is 0 Å². The lowest BCUT2D eigenvalue weighted by atomic mass is 9.93. The van der Waals surface area contributed by atoms with Crippen LogP contribution in [0.25, 0.3) is 0 Å². The van der Waals surface area contributed by atoms with Gasteiger partial charge in [-0.15, -0.1) is 0 Å². The highest BCUT2D eigenvalue weighted by atomic mass is 16.2. The van der Waals surface area contributed by atoms with Crippen LogP contribution in [-0.2, 0) is 13.0 Å². The maximum absolute atomic E-state index is 12.3. The minimum atomic E-state index is -0.261. The molecule has 1 amide bonds. The number of ketones is 1. The lowest BCUT2D eigenvalue weighted by Gasteiger charge is -2.12. The number of aryl methyl sites for hydroxylation is 1. The van der Waals surface area contributed by atoms with E-state index in [0.717, 1.165) is 24.1 Å². The van der Waals surface area contributed by atoms with Gasteiger partial charge in [-0.25, -0.2) is 0 Å². The zero-order valence-electron chi connectivity index (χ0n) is 11.6. The van der Waals surface area contributed by atoms with Gasteiger partial charge >= 0.3 is 0 Å². The summed E-state index contributed by atoms with van der Waals surface area (Å²) in [4.78, 5) is 27.4. The Kier molecular flexibility index (Phi) is 3.58. The van der Waals surface area contributed by atoms with Crippen molar-refractivity contribution < 1.29 is 9.59 Å². The van der Waals surface area contributed by atoms with Crippen LogP contribution in [-0.4, -0.2) is 16.7 Å². The summed E-state index contributed by atoms with van der Waals surface area (Å²) in [6, 6.07) is 7.35. The number of aromatic amines is 1. The number of amides is 1. The first-order valence-corrected chi connectivity index (χ1v) is 7.03. The van der Waals surface area contributed by atoms with Crippen molar-refractivity contribution >= 4 is 17.4 Å². The number of Topliss-reactive ketones (excluding diaryl/α,β-unsaturated/α-hetero) is 1. The molecule has 0 bridgehead atoms. The third-order valence-corrected chi connectivity index (χ3v) is 3.76. The first-order valence-electron chi connectivity index (χ1n) is 7.03. The SMILES string of the molecule is NCc1ccc(NC(=O)c2c[nH]c3c2C(=O)CCC3)cc1. The lowest BCUT2D eigenvalue weighted by molar-refractivity contribution is 0.0956. The topological polar surface area (TPSA) is 88.0 Å². The molecule has 5 nitrogen and oxygen atoms in total.